The number of ether oxygens (including phenoxy) is 1. The molecule has 0 aliphatic carbocycles. The Balaban J connectivity index is 1.57. The monoisotopic (exact) mass is 479 g/mol. The van der Waals surface area contributed by atoms with Gasteiger partial charge in [0.15, 0.2) is 5.11 Å². The zero-order chi connectivity index (χ0) is 24.5. The molecule has 0 radical (unpaired) electrons. The van der Waals surface area contributed by atoms with Gasteiger partial charge in [0, 0.05) is 22.5 Å². The van der Waals surface area contributed by atoms with Gasteiger partial charge in [0.05, 0.1) is 6.61 Å². The van der Waals surface area contributed by atoms with Crippen molar-refractivity contribution in [2.75, 3.05) is 17.2 Å². The minimum atomic E-state index is -0.384. The SMILES string of the molecule is CC(C)CCOc1cccc(C(=O)NC(=S)Nc2cccc(C(=O)Nc3ccc(F)cc3)c2)c1. The molecular formula is C26H26FN3O3S. The summed E-state index contributed by atoms with van der Waals surface area (Å²) in [5.74, 6) is 0.0242. The van der Waals surface area contributed by atoms with Crippen LogP contribution >= 0.6 is 12.2 Å². The van der Waals surface area contributed by atoms with Gasteiger partial charge in [0.2, 0.25) is 0 Å². The highest BCUT2D eigenvalue weighted by molar-refractivity contribution is 7.80. The van der Waals surface area contributed by atoms with Gasteiger partial charge in [-0.05, 0) is 85.2 Å². The van der Waals surface area contributed by atoms with Crippen molar-refractivity contribution in [3.05, 3.63) is 89.7 Å². The van der Waals surface area contributed by atoms with Crippen molar-refractivity contribution in [1.82, 2.24) is 5.32 Å². The first-order chi connectivity index (χ1) is 16.3. The number of thiocarbonyl (C=S) groups is 1. The van der Waals surface area contributed by atoms with Crippen molar-refractivity contribution in [1.29, 1.82) is 0 Å². The predicted octanol–water partition coefficient (Wildman–Crippen LogP) is 5.63. The van der Waals surface area contributed by atoms with E-state index < -0.39 is 0 Å². The van der Waals surface area contributed by atoms with Crippen LogP contribution in [0.4, 0.5) is 15.8 Å². The van der Waals surface area contributed by atoms with E-state index in [1.54, 1.807) is 48.5 Å². The lowest BCUT2D eigenvalue weighted by atomic mass is 10.1. The van der Waals surface area contributed by atoms with Crippen molar-refractivity contribution in [3.8, 4) is 5.75 Å². The Bertz CT molecular complexity index is 1170. The van der Waals surface area contributed by atoms with Gasteiger partial charge in [-0.25, -0.2) is 4.39 Å². The van der Waals surface area contributed by atoms with Gasteiger partial charge in [0.25, 0.3) is 11.8 Å². The summed E-state index contributed by atoms with van der Waals surface area (Å²) < 4.78 is 18.8. The summed E-state index contributed by atoms with van der Waals surface area (Å²) in [6.07, 6.45) is 0.922. The zero-order valence-corrected chi connectivity index (χ0v) is 19.7. The fraction of sp³-hybridized carbons (Fsp3) is 0.192. The van der Waals surface area contributed by atoms with Crippen LogP contribution in [0.3, 0.4) is 0 Å². The summed E-state index contributed by atoms with van der Waals surface area (Å²) in [5, 5.41) is 8.33. The average Bonchev–Trinajstić information content (AvgIpc) is 2.80. The highest BCUT2D eigenvalue weighted by Gasteiger charge is 2.11. The maximum Gasteiger partial charge on any atom is 0.257 e. The smallest absolute Gasteiger partial charge is 0.257 e. The summed E-state index contributed by atoms with van der Waals surface area (Å²) in [6, 6.07) is 19.0. The Labute approximate surface area is 203 Å². The number of amides is 2. The molecule has 0 unspecified atom stereocenters. The van der Waals surface area contributed by atoms with Crippen molar-refractivity contribution < 1.29 is 18.7 Å². The van der Waals surface area contributed by atoms with E-state index in [4.69, 9.17) is 17.0 Å². The van der Waals surface area contributed by atoms with Crippen LogP contribution in [-0.4, -0.2) is 23.5 Å². The van der Waals surface area contributed by atoms with Crippen molar-refractivity contribution in [3.63, 3.8) is 0 Å². The first-order valence-corrected chi connectivity index (χ1v) is 11.2. The predicted molar refractivity (Wildman–Crippen MR) is 136 cm³/mol. The molecule has 0 aliphatic rings. The van der Waals surface area contributed by atoms with Gasteiger partial charge >= 0.3 is 0 Å². The van der Waals surface area contributed by atoms with Crippen LogP contribution in [0.1, 0.15) is 41.0 Å². The molecule has 3 aromatic carbocycles. The van der Waals surface area contributed by atoms with Gasteiger partial charge in [-0.1, -0.05) is 26.0 Å². The van der Waals surface area contributed by atoms with Crippen LogP contribution in [0.25, 0.3) is 0 Å². The summed E-state index contributed by atoms with van der Waals surface area (Å²) in [5.41, 5.74) is 1.79. The number of rotatable bonds is 8. The van der Waals surface area contributed by atoms with E-state index in [1.807, 2.05) is 0 Å². The fourth-order valence-corrected chi connectivity index (χ4v) is 3.16. The van der Waals surface area contributed by atoms with Crippen LogP contribution in [0.2, 0.25) is 0 Å². The van der Waals surface area contributed by atoms with Gasteiger partial charge in [-0.15, -0.1) is 0 Å². The molecule has 34 heavy (non-hydrogen) atoms. The molecule has 0 aromatic heterocycles. The quantitative estimate of drug-likeness (QED) is 0.365. The molecule has 0 fully saturated rings. The number of halogens is 1. The minimum Gasteiger partial charge on any atom is -0.494 e. The lowest BCUT2D eigenvalue weighted by Crippen LogP contribution is -2.34. The third-order valence-electron chi connectivity index (χ3n) is 4.77. The molecular weight excluding hydrogens is 453 g/mol. The molecule has 176 valence electrons. The van der Waals surface area contributed by atoms with Crippen molar-refractivity contribution in [2.24, 2.45) is 5.92 Å². The average molecular weight is 480 g/mol. The van der Waals surface area contributed by atoms with Crippen LogP contribution in [0, 0.1) is 11.7 Å². The molecule has 3 aromatic rings. The molecule has 0 heterocycles. The van der Waals surface area contributed by atoms with Gasteiger partial charge in [-0.2, -0.15) is 0 Å². The van der Waals surface area contributed by atoms with E-state index in [9.17, 15) is 14.0 Å². The fourth-order valence-electron chi connectivity index (χ4n) is 2.95. The molecule has 6 nitrogen and oxygen atoms in total. The van der Waals surface area contributed by atoms with Gasteiger partial charge in [-0.3, -0.25) is 14.9 Å². The summed E-state index contributed by atoms with van der Waals surface area (Å²) in [7, 11) is 0. The van der Waals surface area contributed by atoms with Gasteiger partial charge < -0.3 is 15.4 Å². The molecule has 0 aliphatic heterocycles. The molecule has 2 amide bonds. The Kier molecular flexibility index (Phi) is 8.70. The highest BCUT2D eigenvalue weighted by Crippen LogP contribution is 2.16. The van der Waals surface area contributed by atoms with Crippen LogP contribution < -0.4 is 20.7 Å². The van der Waals surface area contributed by atoms with Crippen LogP contribution in [0.15, 0.2) is 72.8 Å². The molecule has 0 bridgehead atoms. The van der Waals surface area contributed by atoms with Gasteiger partial charge in [0.1, 0.15) is 11.6 Å². The topological polar surface area (TPSA) is 79.5 Å². The Morgan fingerprint density at radius 2 is 1.56 bits per heavy atom. The van der Waals surface area contributed by atoms with E-state index in [1.165, 1.54) is 24.3 Å². The Hall–Kier alpha value is -3.78. The Morgan fingerprint density at radius 1 is 0.882 bits per heavy atom. The molecule has 3 N–H and O–H groups in total. The van der Waals surface area contributed by atoms with Crippen LogP contribution in [-0.2, 0) is 0 Å². The Morgan fingerprint density at radius 3 is 2.26 bits per heavy atom. The lowest BCUT2D eigenvalue weighted by molar-refractivity contribution is 0.0975. The van der Waals surface area contributed by atoms with Crippen molar-refractivity contribution >= 4 is 40.5 Å². The summed E-state index contributed by atoms with van der Waals surface area (Å²) >= 11 is 5.26. The lowest BCUT2D eigenvalue weighted by Gasteiger charge is -2.12. The molecule has 8 heteroatoms. The second kappa shape index (κ2) is 11.9. The van der Waals surface area contributed by atoms with Crippen LogP contribution in [0.5, 0.6) is 5.75 Å². The zero-order valence-electron chi connectivity index (χ0n) is 18.9. The van der Waals surface area contributed by atoms with E-state index in [-0.39, 0.29) is 22.7 Å². The largest absolute Gasteiger partial charge is 0.494 e. The maximum atomic E-state index is 13.0. The van der Waals surface area contributed by atoms with E-state index in [0.29, 0.717) is 40.8 Å². The van der Waals surface area contributed by atoms with E-state index in [2.05, 4.69) is 29.8 Å². The van der Waals surface area contributed by atoms with E-state index in [0.717, 1.165) is 6.42 Å². The molecule has 0 saturated heterocycles. The summed E-state index contributed by atoms with van der Waals surface area (Å²) in [4.78, 5) is 25.1. The molecule has 0 atom stereocenters. The first kappa shape index (κ1) is 24.9. The number of benzene rings is 3. The molecule has 0 spiro atoms. The molecule has 3 rings (SSSR count). The number of carbonyl (C=O) groups excluding carboxylic acids is 2. The maximum absolute atomic E-state index is 13.0. The van der Waals surface area contributed by atoms with Crippen molar-refractivity contribution in [2.45, 2.75) is 20.3 Å². The number of nitrogens with one attached hydrogen (secondary N) is 3. The molecule has 0 saturated carbocycles. The normalized spacial score (nSPS) is 10.5. The van der Waals surface area contributed by atoms with E-state index >= 15 is 0 Å². The third-order valence-corrected chi connectivity index (χ3v) is 4.98. The number of carbonyl (C=O) groups is 2. The summed E-state index contributed by atoms with van der Waals surface area (Å²) in [6.45, 7) is 4.82. The first-order valence-electron chi connectivity index (χ1n) is 10.8. The second-order valence-corrected chi connectivity index (χ2v) is 8.42. The standard InChI is InChI=1S/C26H26FN3O3S/c1-17(2)13-14-33-23-8-4-6-19(16-23)25(32)30-26(34)29-22-7-3-5-18(15-22)24(31)28-21-11-9-20(27)10-12-21/h3-12,15-17H,13-14H2,1-2H3,(H,28,31)(H2,29,30,32,34). The second-order valence-electron chi connectivity index (χ2n) is 8.01. The third kappa shape index (κ3) is 7.67. The number of hydrogen-bond donors (Lipinski definition) is 3. The number of hydrogen-bond acceptors (Lipinski definition) is 4. The number of anilines is 2. The minimum absolute atomic E-state index is 0.0900. The highest BCUT2D eigenvalue weighted by atomic mass is 32.1.